The number of unbranched alkanes of at least 4 members (excludes halogenated alkanes) is 35. The van der Waals surface area contributed by atoms with E-state index in [9.17, 15) is 15.0 Å². The number of hydrogen-bond donors (Lipinski definition) is 3. The summed E-state index contributed by atoms with van der Waals surface area (Å²) < 4.78 is 0. The lowest BCUT2D eigenvalue weighted by Crippen LogP contribution is -2.45. The number of rotatable bonds is 58. The highest BCUT2D eigenvalue weighted by Crippen LogP contribution is 2.17. The Morgan fingerprint density at radius 2 is 0.608 bits per heavy atom. The molecular formula is C70H123NO3. The van der Waals surface area contributed by atoms with Crippen molar-refractivity contribution in [1.82, 2.24) is 5.32 Å². The van der Waals surface area contributed by atoms with Crippen molar-refractivity contribution >= 4 is 5.91 Å². The lowest BCUT2D eigenvalue weighted by Gasteiger charge is -2.19. The van der Waals surface area contributed by atoms with E-state index >= 15 is 0 Å². The molecule has 1 amide bonds. The predicted molar refractivity (Wildman–Crippen MR) is 331 cm³/mol. The maximum Gasteiger partial charge on any atom is 0.220 e. The van der Waals surface area contributed by atoms with Gasteiger partial charge in [0.2, 0.25) is 5.91 Å². The van der Waals surface area contributed by atoms with E-state index in [0.717, 1.165) is 77.0 Å². The van der Waals surface area contributed by atoms with Gasteiger partial charge in [-0.2, -0.15) is 0 Å². The van der Waals surface area contributed by atoms with Gasteiger partial charge >= 0.3 is 0 Å². The van der Waals surface area contributed by atoms with E-state index in [-0.39, 0.29) is 12.5 Å². The minimum atomic E-state index is -0.867. The number of amides is 1. The van der Waals surface area contributed by atoms with Crippen LogP contribution in [0.2, 0.25) is 0 Å². The second-order valence-corrected chi connectivity index (χ2v) is 21.4. The quantitative estimate of drug-likeness (QED) is 0.0420. The molecule has 0 fully saturated rings. The smallest absolute Gasteiger partial charge is 0.220 e. The van der Waals surface area contributed by atoms with Crippen LogP contribution < -0.4 is 5.32 Å². The van der Waals surface area contributed by atoms with Crippen LogP contribution in [0.25, 0.3) is 0 Å². The van der Waals surface area contributed by atoms with Crippen molar-refractivity contribution < 1.29 is 15.0 Å². The minimum Gasteiger partial charge on any atom is -0.394 e. The van der Waals surface area contributed by atoms with Gasteiger partial charge in [-0.15, -0.1) is 0 Å². The van der Waals surface area contributed by atoms with Crippen molar-refractivity contribution in [2.45, 2.75) is 321 Å². The van der Waals surface area contributed by atoms with Crippen LogP contribution in [0.3, 0.4) is 0 Å². The van der Waals surface area contributed by atoms with E-state index in [1.54, 1.807) is 6.08 Å². The van der Waals surface area contributed by atoms with Gasteiger partial charge in [-0.25, -0.2) is 0 Å². The van der Waals surface area contributed by atoms with Gasteiger partial charge in [0.25, 0.3) is 0 Å². The summed E-state index contributed by atoms with van der Waals surface area (Å²) in [7, 11) is 0. The Morgan fingerprint density at radius 3 is 0.946 bits per heavy atom. The molecular weight excluding hydrogens is 903 g/mol. The molecule has 0 aromatic carbocycles. The molecule has 2 unspecified atom stereocenters. The van der Waals surface area contributed by atoms with E-state index < -0.39 is 12.1 Å². The Kier molecular flexibility index (Phi) is 61.8. The van der Waals surface area contributed by atoms with Gasteiger partial charge in [0.15, 0.2) is 0 Å². The molecule has 4 heteroatoms. The fourth-order valence-corrected chi connectivity index (χ4v) is 9.41. The van der Waals surface area contributed by atoms with Crippen molar-refractivity contribution in [2.24, 2.45) is 0 Å². The third-order valence-corrected chi connectivity index (χ3v) is 14.2. The van der Waals surface area contributed by atoms with Crippen molar-refractivity contribution in [2.75, 3.05) is 6.61 Å². The number of carbonyl (C=O) groups is 1. The van der Waals surface area contributed by atoms with Crippen molar-refractivity contribution in [1.29, 1.82) is 0 Å². The number of aliphatic hydroxyl groups excluding tert-OH is 2. The zero-order valence-corrected chi connectivity index (χ0v) is 49.1. The predicted octanol–water partition coefficient (Wildman–Crippen LogP) is 21.8. The lowest BCUT2D eigenvalue weighted by molar-refractivity contribution is -0.123. The number of allylic oxidation sites excluding steroid dienone is 17. The van der Waals surface area contributed by atoms with Gasteiger partial charge in [0.1, 0.15) is 0 Å². The van der Waals surface area contributed by atoms with Crippen molar-refractivity contribution in [3.63, 3.8) is 0 Å². The molecule has 0 aliphatic rings. The highest BCUT2D eigenvalue weighted by Gasteiger charge is 2.18. The van der Waals surface area contributed by atoms with Gasteiger partial charge in [-0.05, 0) is 89.9 Å². The molecule has 2 atom stereocenters. The standard InChI is InChI=1S/C70H123NO3/c1-3-5-7-9-11-13-15-17-19-21-23-25-26-27-28-29-30-31-32-33-34-35-36-37-38-39-40-41-42-43-44-46-48-50-52-54-56-58-60-62-64-66-70(74)71-68(67-72)69(73)65-63-61-59-57-55-53-51-49-47-45-24-22-20-18-16-14-12-10-8-6-4-2/h5,7,11,13,17,19,23,25,27-28,30-31,33-34,55,57,63,65,68-69,72-73H,3-4,6,8-10,12,14-16,18,20-22,24,26,29,32,35-54,56,58-62,64,66-67H2,1-2H3,(H,71,74)/b7-5-,13-11-,19-17-,25-23-,28-27-,31-30-,34-33-,57-55+,65-63+. The summed E-state index contributed by atoms with van der Waals surface area (Å²) in [5.74, 6) is -0.0722. The second-order valence-electron chi connectivity index (χ2n) is 21.4. The average Bonchev–Trinajstić information content (AvgIpc) is 3.40. The van der Waals surface area contributed by atoms with Crippen molar-refractivity contribution in [3.8, 4) is 0 Å². The lowest BCUT2D eigenvalue weighted by atomic mass is 10.0. The molecule has 0 saturated carbocycles. The molecule has 74 heavy (non-hydrogen) atoms. The summed E-state index contributed by atoms with van der Waals surface area (Å²) in [6, 6.07) is -0.644. The summed E-state index contributed by atoms with van der Waals surface area (Å²) >= 11 is 0. The molecule has 0 bridgehead atoms. The van der Waals surface area contributed by atoms with Gasteiger partial charge in [0, 0.05) is 6.42 Å². The van der Waals surface area contributed by atoms with Gasteiger partial charge in [-0.1, -0.05) is 322 Å². The third kappa shape index (κ3) is 59.9. The maximum atomic E-state index is 12.5. The van der Waals surface area contributed by atoms with E-state index in [2.05, 4.69) is 116 Å². The van der Waals surface area contributed by atoms with Crippen LogP contribution >= 0.6 is 0 Å². The molecule has 0 aromatic rings. The molecule has 0 saturated heterocycles. The normalized spacial score (nSPS) is 13.5. The highest BCUT2D eigenvalue weighted by molar-refractivity contribution is 5.76. The molecule has 0 radical (unpaired) electrons. The first-order valence-corrected chi connectivity index (χ1v) is 32.1. The minimum absolute atomic E-state index is 0.0722. The molecule has 3 N–H and O–H groups in total. The number of nitrogens with one attached hydrogen (secondary N) is 1. The highest BCUT2D eigenvalue weighted by atomic mass is 16.3. The summed E-state index contributed by atoms with van der Waals surface area (Å²) in [6.07, 6.45) is 97.1. The molecule has 0 spiro atoms. The zero-order valence-electron chi connectivity index (χ0n) is 49.1. The first-order valence-electron chi connectivity index (χ1n) is 32.1. The first kappa shape index (κ1) is 71.0. The third-order valence-electron chi connectivity index (χ3n) is 14.2. The molecule has 4 nitrogen and oxygen atoms in total. The van der Waals surface area contributed by atoms with Crippen LogP contribution in [0, 0.1) is 0 Å². The Balaban J connectivity index is 3.50. The van der Waals surface area contributed by atoms with Gasteiger partial charge in [-0.3, -0.25) is 4.79 Å². The number of hydrogen-bond acceptors (Lipinski definition) is 3. The molecule has 0 aromatic heterocycles. The molecule has 426 valence electrons. The topological polar surface area (TPSA) is 69.6 Å². The van der Waals surface area contributed by atoms with Crippen LogP contribution in [0.5, 0.6) is 0 Å². The van der Waals surface area contributed by atoms with Gasteiger partial charge in [0.05, 0.1) is 18.8 Å². The summed E-state index contributed by atoms with van der Waals surface area (Å²) in [5.41, 5.74) is 0. The maximum absolute atomic E-state index is 12.5. The Morgan fingerprint density at radius 1 is 0.338 bits per heavy atom. The van der Waals surface area contributed by atoms with E-state index in [1.807, 2.05) is 6.08 Å². The summed E-state index contributed by atoms with van der Waals surface area (Å²) in [4.78, 5) is 12.5. The van der Waals surface area contributed by atoms with Crippen LogP contribution in [0.1, 0.15) is 309 Å². The molecule has 0 aliphatic carbocycles. The molecule has 0 aliphatic heterocycles. The number of carbonyl (C=O) groups excluding carboxylic acids is 1. The van der Waals surface area contributed by atoms with E-state index in [0.29, 0.717) is 6.42 Å². The Labute approximate surface area is 461 Å². The van der Waals surface area contributed by atoms with Crippen LogP contribution in [0.4, 0.5) is 0 Å². The Bertz CT molecular complexity index is 1400. The number of aliphatic hydroxyl groups is 2. The van der Waals surface area contributed by atoms with Crippen molar-refractivity contribution in [3.05, 3.63) is 109 Å². The monoisotopic (exact) mass is 1030 g/mol. The second kappa shape index (κ2) is 64.3. The van der Waals surface area contributed by atoms with Gasteiger partial charge < -0.3 is 15.5 Å². The first-order chi connectivity index (χ1) is 36.7. The zero-order chi connectivity index (χ0) is 53.4. The summed E-state index contributed by atoms with van der Waals surface area (Å²) in [5, 5.41) is 23.2. The van der Waals surface area contributed by atoms with Crippen LogP contribution in [-0.2, 0) is 4.79 Å². The largest absolute Gasteiger partial charge is 0.394 e. The summed E-state index contributed by atoms with van der Waals surface area (Å²) in [6.45, 7) is 4.20. The van der Waals surface area contributed by atoms with Crippen LogP contribution in [0.15, 0.2) is 109 Å². The fraction of sp³-hybridized carbons (Fsp3) is 0.729. The average molecular weight is 1030 g/mol. The van der Waals surface area contributed by atoms with Crippen LogP contribution in [-0.4, -0.2) is 34.9 Å². The fourth-order valence-electron chi connectivity index (χ4n) is 9.41. The molecule has 0 rings (SSSR count). The SMILES string of the molecule is CC/C=C\C/C=C\C/C=C\C/C=C\C/C=C\C/C=C\C/C=C\CCCCCCCCCCCCCCCCCCCCCC(=O)NC(CO)C(O)/C=C/CC/C=C/CCCCCCCCCCCCCCCCC. The van der Waals surface area contributed by atoms with E-state index in [4.69, 9.17) is 0 Å². The Hall–Kier alpha value is -2.95. The molecule has 0 heterocycles. The van der Waals surface area contributed by atoms with E-state index in [1.165, 1.54) is 212 Å².